The zero-order valence-corrected chi connectivity index (χ0v) is 14.8. The van der Waals surface area contributed by atoms with Crippen LogP contribution in [0.25, 0.3) is 0 Å². The molecule has 0 fully saturated rings. The van der Waals surface area contributed by atoms with E-state index in [0.29, 0.717) is 24.2 Å². The van der Waals surface area contributed by atoms with Crippen molar-refractivity contribution in [1.82, 2.24) is 0 Å². The minimum Gasteiger partial charge on any atom is -0.486 e. The van der Waals surface area contributed by atoms with Crippen LogP contribution in [-0.4, -0.2) is 18.3 Å². The Morgan fingerprint density at radius 1 is 1.00 bits per heavy atom. The van der Waals surface area contributed by atoms with E-state index in [4.69, 9.17) is 21.7 Å². The molecule has 2 N–H and O–H groups in total. The molecule has 1 aliphatic heterocycles. The average molecular weight is 342 g/mol. The van der Waals surface area contributed by atoms with Crippen LogP contribution in [0.3, 0.4) is 0 Å². The lowest BCUT2D eigenvalue weighted by Gasteiger charge is -2.19. The zero-order chi connectivity index (χ0) is 16.9. The summed E-state index contributed by atoms with van der Waals surface area (Å²) in [6, 6.07) is 14.1. The molecule has 126 valence electrons. The first-order valence-electron chi connectivity index (χ1n) is 8.23. The van der Waals surface area contributed by atoms with Crippen LogP contribution < -0.4 is 20.1 Å². The highest BCUT2D eigenvalue weighted by molar-refractivity contribution is 7.80. The zero-order valence-electron chi connectivity index (χ0n) is 14.0. The number of benzene rings is 2. The van der Waals surface area contributed by atoms with E-state index in [0.717, 1.165) is 29.3 Å². The van der Waals surface area contributed by atoms with Crippen molar-refractivity contribution in [3.05, 3.63) is 48.0 Å². The van der Waals surface area contributed by atoms with E-state index in [9.17, 15) is 0 Å². The Morgan fingerprint density at radius 3 is 2.33 bits per heavy atom. The van der Waals surface area contributed by atoms with Gasteiger partial charge in [-0.3, -0.25) is 0 Å². The van der Waals surface area contributed by atoms with Gasteiger partial charge >= 0.3 is 0 Å². The van der Waals surface area contributed by atoms with Crippen molar-refractivity contribution in [2.75, 3.05) is 23.8 Å². The predicted molar refractivity (Wildman–Crippen MR) is 102 cm³/mol. The number of rotatable bonds is 4. The molecule has 0 spiro atoms. The molecule has 24 heavy (non-hydrogen) atoms. The lowest BCUT2D eigenvalue weighted by molar-refractivity contribution is 0.171. The molecule has 0 bridgehead atoms. The molecular weight excluding hydrogens is 320 g/mol. The summed E-state index contributed by atoms with van der Waals surface area (Å²) in [6.45, 7) is 5.59. The highest BCUT2D eigenvalue weighted by Crippen LogP contribution is 2.32. The molecule has 1 atom stereocenters. The molecular formula is C19H22N2O2S. The molecule has 1 aliphatic rings. The number of hydrogen-bond acceptors (Lipinski definition) is 3. The van der Waals surface area contributed by atoms with E-state index >= 15 is 0 Å². The number of fused-ring (bicyclic) bond motifs is 1. The summed E-state index contributed by atoms with van der Waals surface area (Å²) in [6.07, 6.45) is 1.14. The van der Waals surface area contributed by atoms with Gasteiger partial charge in [-0.05, 0) is 54.4 Å². The van der Waals surface area contributed by atoms with E-state index in [-0.39, 0.29) is 0 Å². The maximum atomic E-state index is 5.58. The van der Waals surface area contributed by atoms with E-state index < -0.39 is 0 Å². The number of ether oxygens (including phenoxy) is 2. The summed E-state index contributed by atoms with van der Waals surface area (Å²) in [7, 11) is 0. The summed E-state index contributed by atoms with van der Waals surface area (Å²) >= 11 is 5.39. The number of nitrogens with one attached hydrogen (secondary N) is 2. The minimum absolute atomic E-state index is 0.544. The van der Waals surface area contributed by atoms with Gasteiger partial charge in [0.1, 0.15) is 13.2 Å². The fourth-order valence-electron chi connectivity index (χ4n) is 2.55. The van der Waals surface area contributed by atoms with Gasteiger partial charge in [0.2, 0.25) is 0 Å². The third-order valence-electron chi connectivity index (χ3n) is 4.15. The van der Waals surface area contributed by atoms with Crippen LogP contribution in [0.15, 0.2) is 42.5 Å². The van der Waals surface area contributed by atoms with E-state index in [2.05, 4.69) is 48.7 Å². The molecule has 0 radical (unpaired) electrons. The van der Waals surface area contributed by atoms with Crippen molar-refractivity contribution in [1.29, 1.82) is 0 Å². The molecule has 4 nitrogen and oxygen atoms in total. The molecule has 0 saturated heterocycles. The third-order valence-corrected chi connectivity index (χ3v) is 4.35. The average Bonchev–Trinajstić information content (AvgIpc) is 2.61. The smallest absolute Gasteiger partial charge is 0.175 e. The number of anilines is 2. The maximum absolute atomic E-state index is 5.58. The molecule has 0 saturated carbocycles. The standard InChI is InChI=1S/C19H22N2O2S/c1-3-13(2)14-4-6-15(7-5-14)20-19(24)21-16-8-9-17-18(12-16)23-11-10-22-17/h4-9,12-13H,3,10-11H2,1-2H3,(H2,20,21,24). The van der Waals surface area contributed by atoms with Crippen LogP contribution in [0.4, 0.5) is 11.4 Å². The quantitative estimate of drug-likeness (QED) is 0.783. The second-order valence-electron chi connectivity index (χ2n) is 5.87. The summed E-state index contributed by atoms with van der Waals surface area (Å²) in [5.41, 5.74) is 3.18. The first-order chi connectivity index (χ1) is 11.7. The van der Waals surface area contributed by atoms with Gasteiger partial charge < -0.3 is 20.1 Å². The van der Waals surface area contributed by atoms with Crippen LogP contribution in [0.2, 0.25) is 0 Å². The van der Waals surface area contributed by atoms with Gasteiger partial charge in [-0.25, -0.2) is 0 Å². The maximum Gasteiger partial charge on any atom is 0.175 e. The van der Waals surface area contributed by atoms with Gasteiger partial charge in [0.05, 0.1) is 0 Å². The molecule has 3 rings (SSSR count). The first-order valence-corrected chi connectivity index (χ1v) is 8.64. The highest BCUT2D eigenvalue weighted by atomic mass is 32.1. The van der Waals surface area contributed by atoms with Crippen molar-refractivity contribution in [3.63, 3.8) is 0 Å². The topological polar surface area (TPSA) is 42.5 Å². The number of thiocarbonyl (C=S) groups is 1. The second-order valence-corrected chi connectivity index (χ2v) is 6.28. The van der Waals surface area contributed by atoms with Gasteiger partial charge in [0, 0.05) is 17.4 Å². The lowest BCUT2D eigenvalue weighted by atomic mass is 9.99. The van der Waals surface area contributed by atoms with Crippen molar-refractivity contribution in [3.8, 4) is 11.5 Å². The van der Waals surface area contributed by atoms with Crippen LogP contribution in [0, 0.1) is 0 Å². The molecule has 1 unspecified atom stereocenters. The van der Waals surface area contributed by atoms with Gasteiger partial charge in [-0.15, -0.1) is 0 Å². The predicted octanol–water partition coefficient (Wildman–Crippen LogP) is 4.78. The molecule has 0 amide bonds. The van der Waals surface area contributed by atoms with Crippen molar-refractivity contribution in [2.45, 2.75) is 26.2 Å². The monoisotopic (exact) mass is 342 g/mol. The fourth-order valence-corrected chi connectivity index (χ4v) is 2.78. The molecule has 2 aromatic carbocycles. The molecule has 2 aromatic rings. The number of hydrogen-bond donors (Lipinski definition) is 2. The van der Waals surface area contributed by atoms with Crippen molar-refractivity contribution in [2.24, 2.45) is 0 Å². The third kappa shape index (κ3) is 3.97. The minimum atomic E-state index is 0.544. The molecule has 1 heterocycles. The van der Waals surface area contributed by atoms with Gasteiger partial charge in [0.25, 0.3) is 0 Å². The van der Waals surface area contributed by atoms with Crippen LogP contribution in [0.1, 0.15) is 31.7 Å². The Morgan fingerprint density at radius 2 is 1.62 bits per heavy atom. The van der Waals surface area contributed by atoms with Crippen LogP contribution in [-0.2, 0) is 0 Å². The Hall–Kier alpha value is -2.27. The largest absolute Gasteiger partial charge is 0.486 e. The van der Waals surface area contributed by atoms with Crippen molar-refractivity contribution < 1.29 is 9.47 Å². The second kappa shape index (κ2) is 7.53. The van der Waals surface area contributed by atoms with Gasteiger partial charge in [-0.2, -0.15) is 0 Å². The highest BCUT2D eigenvalue weighted by Gasteiger charge is 2.12. The van der Waals surface area contributed by atoms with E-state index in [1.807, 2.05) is 18.2 Å². The first kappa shape index (κ1) is 16.6. The Kier molecular flexibility index (Phi) is 5.20. The fraction of sp³-hybridized carbons (Fsp3) is 0.316. The SMILES string of the molecule is CCC(C)c1ccc(NC(=S)Nc2ccc3c(c2)OCCO3)cc1. The summed E-state index contributed by atoms with van der Waals surface area (Å²) in [4.78, 5) is 0. The molecule has 0 aromatic heterocycles. The van der Waals surface area contributed by atoms with Gasteiger partial charge in [0.15, 0.2) is 16.6 Å². The van der Waals surface area contributed by atoms with Crippen molar-refractivity contribution >= 4 is 28.7 Å². The van der Waals surface area contributed by atoms with E-state index in [1.165, 1.54) is 5.56 Å². The molecule has 5 heteroatoms. The Labute approximate surface area is 148 Å². The Bertz CT molecular complexity index is 716. The summed E-state index contributed by atoms with van der Waals surface area (Å²) in [5, 5.41) is 6.92. The van der Waals surface area contributed by atoms with Crippen LogP contribution >= 0.6 is 12.2 Å². The Balaban J connectivity index is 1.61. The van der Waals surface area contributed by atoms with E-state index in [1.54, 1.807) is 0 Å². The lowest BCUT2D eigenvalue weighted by Crippen LogP contribution is -2.20. The van der Waals surface area contributed by atoms with Crippen LogP contribution in [0.5, 0.6) is 11.5 Å². The summed E-state index contributed by atoms with van der Waals surface area (Å²) in [5.74, 6) is 2.08. The summed E-state index contributed by atoms with van der Waals surface area (Å²) < 4.78 is 11.1. The van der Waals surface area contributed by atoms with Gasteiger partial charge in [-0.1, -0.05) is 26.0 Å². The molecule has 0 aliphatic carbocycles. The normalized spacial score (nSPS) is 13.9.